The van der Waals surface area contributed by atoms with Gasteiger partial charge in [0.1, 0.15) is 0 Å². The Balaban J connectivity index is 4.45. The molecule has 4 nitrogen and oxygen atoms in total. The third-order valence-corrected chi connectivity index (χ3v) is 12.1. The molecule has 0 aromatic heterocycles. The summed E-state index contributed by atoms with van der Waals surface area (Å²) in [4.78, 5) is 15.3. The second-order valence-electron chi connectivity index (χ2n) is 17.5. The van der Waals surface area contributed by atoms with Gasteiger partial charge in [0, 0.05) is 12.8 Å². The Morgan fingerprint density at radius 3 is 1.07 bits per heavy atom. The lowest BCUT2D eigenvalue weighted by Crippen LogP contribution is -2.26. The molecule has 2 atom stereocenters. The summed E-state index contributed by atoms with van der Waals surface area (Å²) in [6.45, 7) is 20.2. The van der Waals surface area contributed by atoms with Gasteiger partial charge in [0.05, 0.1) is 19.0 Å². The van der Waals surface area contributed by atoms with Gasteiger partial charge < -0.3 is 14.4 Å². The molecular weight excluding hydrogens is 675 g/mol. The van der Waals surface area contributed by atoms with Crippen molar-refractivity contribution in [3.63, 3.8) is 0 Å². The van der Waals surface area contributed by atoms with Crippen LogP contribution in [0.4, 0.5) is 0 Å². The van der Waals surface area contributed by atoms with E-state index in [4.69, 9.17) is 9.47 Å². The molecule has 0 radical (unpaired) electrons. The van der Waals surface area contributed by atoms with Crippen molar-refractivity contribution in [3.05, 3.63) is 12.3 Å². The second kappa shape index (κ2) is 44.1. The molecular formula is C51H101NO3. The largest absolute Gasteiger partial charge is 0.498 e. The SMILES string of the molecule is C=C(CCCN(CC)CCCC(=O)OCC(CCCCCCCC)CCCCCCCCCC)OCC(CCCCCCCC)CCCCCCCCCC. The van der Waals surface area contributed by atoms with Crippen LogP contribution >= 0.6 is 0 Å². The predicted molar refractivity (Wildman–Crippen MR) is 244 cm³/mol. The van der Waals surface area contributed by atoms with E-state index in [2.05, 4.69) is 46.1 Å². The summed E-state index contributed by atoms with van der Waals surface area (Å²) < 4.78 is 12.2. The lowest BCUT2D eigenvalue weighted by atomic mass is 9.94. The third kappa shape index (κ3) is 39.6. The minimum atomic E-state index is 0.00388. The van der Waals surface area contributed by atoms with Crippen LogP contribution in [0.3, 0.4) is 0 Å². The van der Waals surface area contributed by atoms with Crippen molar-refractivity contribution < 1.29 is 14.3 Å². The normalized spacial score (nSPS) is 12.7. The van der Waals surface area contributed by atoms with Gasteiger partial charge in [-0.25, -0.2) is 0 Å². The van der Waals surface area contributed by atoms with E-state index in [9.17, 15) is 4.79 Å². The molecule has 0 fully saturated rings. The van der Waals surface area contributed by atoms with Gasteiger partial charge in [0.25, 0.3) is 0 Å². The molecule has 0 aliphatic carbocycles. The molecule has 55 heavy (non-hydrogen) atoms. The number of carbonyl (C=O) groups excluding carboxylic acids is 1. The van der Waals surface area contributed by atoms with Crippen LogP contribution in [0.2, 0.25) is 0 Å². The van der Waals surface area contributed by atoms with Crippen molar-refractivity contribution in [2.75, 3.05) is 32.8 Å². The van der Waals surface area contributed by atoms with Crippen molar-refractivity contribution >= 4 is 5.97 Å². The molecule has 4 heteroatoms. The van der Waals surface area contributed by atoms with Crippen molar-refractivity contribution in [1.82, 2.24) is 4.90 Å². The molecule has 0 aromatic carbocycles. The van der Waals surface area contributed by atoms with Crippen LogP contribution in [0.15, 0.2) is 12.3 Å². The fraction of sp³-hybridized carbons (Fsp3) is 0.941. The van der Waals surface area contributed by atoms with E-state index < -0.39 is 0 Å². The van der Waals surface area contributed by atoms with E-state index in [-0.39, 0.29) is 5.97 Å². The molecule has 0 saturated heterocycles. The maximum atomic E-state index is 12.8. The zero-order valence-electron chi connectivity index (χ0n) is 38.5. The molecule has 2 unspecified atom stereocenters. The van der Waals surface area contributed by atoms with E-state index in [0.717, 1.165) is 51.3 Å². The van der Waals surface area contributed by atoms with Crippen LogP contribution in [-0.4, -0.2) is 43.7 Å². The highest BCUT2D eigenvalue weighted by Gasteiger charge is 2.14. The molecule has 0 rings (SSSR count). The van der Waals surface area contributed by atoms with Crippen molar-refractivity contribution in [1.29, 1.82) is 0 Å². The van der Waals surface area contributed by atoms with E-state index in [0.29, 0.717) is 24.9 Å². The zero-order valence-corrected chi connectivity index (χ0v) is 38.5. The Hall–Kier alpha value is -1.03. The molecule has 0 aromatic rings. The molecule has 0 aliphatic heterocycles. The molecule has 0 saturated carbocycles. The average molecular weight is 776 g/mol. The first kappa shape index (κ1) is 54.0. The van der Waals surface area contributed by atoms with Crippen molar-refractivity contribution in [3.8, 4) is 0 Å². The maximum Gasteiger partial charge on any atom is 0.305 e. The summed E-state index contributed by atoms with van der Waals surface area (Å²) in [5.74, 6) is 2.18. The van der Waals surface area contributed by atoms with E-state index in [1.54, 1.807) is 0 Å². The number of hydrogen-bond donors (Lipinski definition) is 0. The third-order valence-electron chi connectivity index (χ3n) is 12.1. The number of hydrogen-bond acceptors (Lipinski definition) is 4. The van der Waals surface area contributed by atoms with E-state index in [1.165, 1.54) is 205 Å². The number of carbonyl (C=O) groups is 1. The summed E-state index contributed by atoms with van der Waals surface area (Å²) in [5.41, 5.74) is 0. The number of ether oxygens (including phenoxy) is 2. The smallest absolute Gasteiger partial charge is 0.305 e. The molecule has 0 aliphatic rings. The van der Waals surface area contributed by atoms with Crippen LogP contribution < -0.4 is 0 Å². The van der Waals surface area contributed by atoms with Gasteiger partial charge in [-0.2, -0.15) is 0 Å². The van der Waals surface area contributed by atoms with E-state index in [1.807, 2.05) is 0 Å². The van der Waals surface area contributed by atoms with Crippen LogP contribution in [-0.2, 0) is 14.3 Å². The Bertz CT molecular complexity index is 722. The van der Waals surface area contributed by atoms with Crippen LogP contribution in [0.25, 0.3) is 0 Å². The number of nitrogens with zero attached hydrogens (tertiary/aromatic N) is 1. The molecule has 0 spiro atoms. The second-order valence-corrected chi connectivity index (χ2v) is 17.5. The van der Waals surface area contributed by atoms with Gasteiger partial charge in [-0.15, -0.1) is 0 Å². The van der Waals surface area contributed by atoms with Crippen LogP contribution in [0.5, 0.6) is 0 Å². The topological polar surface area (TPSA) is 38.8 Å². The fourth-order valence-corrected chi connectivity index (χ4v) is 8.15. The number of esters is 1. The lowest BCUT2D eigenvalue weighted by molar-refractivity contribution is -0.145. The standard InChI is InChI=1S/C51H101NO3/c1-7-12-16-20-24-26-30-34-40-49(39-32-28-22-18-14-9-3)46-54-48(6)38-36-44-52(11-5)45-37-43-51(53)55-47-50(41-33-29-23-19-15-10-4)42-35-31-27-25-21-17-13-8-2/h49-50H,6-47H2,1-5H3. The summed E-state index contributed by atoms with van der Waals surface area (Å²) in [6, 6.07) is 0. The first-order valence-electron chi connectivity index (χ1n) is 25.2. The molecule has 0 bridgehead atoms. The highest BCUT2D eigenvalue weighted by Crippen LogP contribution is 2.23. The van der Waals surface area contributed by atoms with Crippen molar-refractivity contribution in [2.45, 2.75) is 266 Å². The predicted octanol–water partition coefficient (Wildman–Crippen LogP) is 16.7. The Labute approximate surface area is 346 Å². The quantitative estimate of drug-likeness (QED) is 0.0351. The van der Waals surface area contributed by atoms with Crippen LogP contribution in [0, 0.1) is 11.8 Å². The number of allylic oxidation sites excluding steroid dienone is 1. The molecule has 328 valence electrons. The first-order valence-corrected chi connectivity index (χ1v) is 25.2. The molecule has 0 N–H and O–H groups in total. The van der Waals surface area contributed by atoms with Gasteiger partial charge >= 0.3 is 5.97 Å². The summed E-state index contributed by atoms with van der Waals surface area (Å²) in [7, 11) is 0. The van der Waals surface area contributed by atoms with Gasteiger partial charge in [-0.3, -0.25) is 4.79 Å². The fourth-order valence-electron chi connectivity index (χ4n) is 8.15. The molecule has 0 amide bonds. The van der Waals surface area contributed by atoms with Gasteiger partial charge in [0.15, 0.2) is 0 Å². The maximum absolute atomic E-state index is 12.8. The van der Waals surface area contributed by atoms with Gasteiger partial charge in [0.2, 0.25) is 0 Å². The Morgan fingerprint density at radius 2 is 0.727 bits per heavy atom. The first-order chi connectivity index (χ1) is 27.0. The minimum absolute atomic E-state index is 0.00388. The molecule has 0 heterocycles. The lowest BCUT2D eigenvalue weighted by Gasteiger charge is -2.22. The van der Waals surface area contributed by atoms with Crippen molar-refractivity contribution in [2.24, 2.45) is 11.8 Å². The Morgan fingerprint density at radius 1 is 0.418 bits per heavy atom. The summed E-state index contributed by atoms with van der Waals surface area (Å²) in [6.07, 6.45) is 46.6. The van der Waals surface area contributed by atoms with Crippen LogP contribution in [0.1, 0.15) is 266 Å². The minimum Gasteiger partial charge on any atom is -0.498 e. The van der Waals surface area contributed by atoms with Gasteiger partial charge in [-0.05, 0) is 70.0 Å². The summed E-state index contributed by atoms with van der Waals surface area (Å²) >= 11 is 0. The number of unbranched alkanes of at least 4 members (excludes halogenated alkanes) is 24. The monoisotopic (exact) mass is 776 g/mol. The Kier molecular flexibility index (Phi) is 43.3. The highest BCUT2D eigenvalue weighted by molar-refractivity contribution is 5.69. The zero-order chi connectivity index (χ0) is 40.3. The van der Waals surface area contributed by atoms with E-state index >= 15 is 0 Å². The number of rotatable bonds is 46. The summed E-state index contributed by atoms with van der Waals surface area (Å²) in [5, 5.41) is 0. The average Bonchev–Trinajstić information content (AvgIpc) is 3.19. The van der Waals surface area contributed by atoms with Gasteiger partial charge in [-0.1, -0.05) is 221 Å². The highest BCUT2D eigenvalue weighted by atomic mass is 16.5.